The van der Waals surface area contributed by atoms with E-state index in [1.807, 2.05) is 0 Å². The van der Waals surface area contributed by atoms with Crippen molar-refractivity contribution in [3.8, 4) is 11.5 Å². The molecule has 1 fully saturated rings. The van der Waals surface area contributed by atoms with Gasteiger partial charge in [0.05, 0.1) is 19.1 Å². The van der Waals surface area contributed by atoms with E-state index in [2.05, 4.69) is 11.9 Å². The second-order valence-corrected chi connectivity index (χ2v) is 9.24. The zero-order chi connectivity index (χ0) is 22.4. The fourth-order valence-electron chi connectivity index (χ4n) is 3.62. The Bertz CT molecular complexity index is 1040. The van der Waals surface area contributed by atoms with Crippen molar-refractivity contribution in [2.24, 2.45) is 0 Å². The van der Waals surface area contributed by atoms with E-state index in [0.717, 1.165) is 24.0 Å². The third-order valence-corrected chi connectivity index (χ3v) is 7.17. The molecule has 0 aliphatic carbocycles. The summed E-state index contributed by atoms with van der Waals surface area (Å²) in [4.78, 5) is 13.0. The van der Waals surface area contributed by atoms with Crippen LogP contribution in [0.1, 0.15) is 34.3 Å². The molecule has 0 bridgehead atoms. The van der Waals surface area contributed by atoms with Gasteiger partial charge in [0.1, 0.15) is 0 Å². The Hall–Kier alpha value is -2.84. The Morgan fingerprint density at radius 3 is 2.39 bits per heavy atom. The summed E-state index contributed by atoms with van der Waals surface area (Å²) in [5, 5.41) is 2.87. The molecule has 8 heteroatoms. The fraction of sp³-hybridized carbons (Fsp3) is 0.348. The first-order valence-electron chi connectivity index (χ1n) is 10.1. The predicted octanol–water partition coefficient (Wildman–Crippen LogP) is 3.15. The van der Waals surface area contributed by atoms with Gasteiger partial charge in [0, 0.05) is 30.8 Å². The lowest BCUT2D eigenvalue weighted by Crippen LogP contribution is -2.28. The van der Waals surface area contributed by atoms with Crippen LogP contribution in [0.15, 0.2) is 53.9 Å². The van der Waals surface area contributed by atoms with Gasteiger partial charge in [-0.3, -0.25) is 4.79 Å². The minimum absolute atomic E-state index is 0.264. The van der Waals surface area contributed by atoms with E-state index in [1.54, 1.807) is 49.6 Å². The highest BCUT2D eigenvalue weighted by molar-refractivity contribution is 7.89. The molecule has 1 aliphatic heterocycles. The van der Waals surface area contributed by atoms with Crippen LogP contribution in [0, 0.1) is 0 Å². The molecule has 0 saturated carbocycles. The smallest absolute Gasteiger partial charge is 0.251 e. The number of methoxy groups -OCH3 is 2. The largest absolute Gasteiger partial charge is 0.493 e. The minimum Gasteiger partial charge on any atom is -0.493 e. The lowest BCUT2D eigenvalue weighted by atomic mass is 10.0. The summed E-state index contributed by atoms with van der Waals surface area (Å²) in [5.74, 6) is 0.789. The number of sulfonamides is 1. The molecule has 0 aromatic heterocycles. The molecule has 1 N–H and O–H groups in total. The van der Waals surface area contributed by atoms with Gasteiger partial charge in [0.15, 0.2) is 11.5 Å². The number of allylic oxidation sites excluding steroid dienone is 1. The van der Waals surface area contributed by atoms with Crippen LogP contribution in [-0.2, 0) is 23.0 Å². The molecule has 0 radical (unpaired) electrons. The normalized spacial score (nSPS) is 14.3. The van der Waals surface area contributed by atoms with Gasteiger partial charge in [-0.2, -0.15) is 4.31 Å². The number of ether oxygens (including phenoxy) is 2. The van der Waals surface area contributed by atoms with Crippen LogP contribution in [0.5, 0.6) is 11.5 Å². The Labute approximate surface area is 183 Å². The summed E-state index contributed by atoms with van der Waals surface area (Å²) in [6.45, 7) is 5.15. The van der Waals surface area contributed by atoms with E-state index in [1.165, 1.54) is 11.4 Å². The quantitative estimate of drug-likeness (QED) is 0.601. The Morgan fingerprint density at radius 1 is 1.13 bits per heavy atom. The van der Waals surface area contributed by atoms with Gasteiger partial charge in [-0.15, -0.1) is 6.58 Å². The molecule has 1 amide bonds. The standard InChI is InChI=1S/C23H28N2O5S/c1-4-7-18-14-19(15-21(29-2)22(18)30-3)23(26)24-16-17-8-10-20(11-9-17)31(27,28)25-12-5-6-13-25/h4,8-11,14-15H,1,5-7,12-13,16H2,2-3H3,(H,24,26). The van der Waals surface area contributed by atoms with Crippen molar-refractivity contribution in [2.45, 2.75) is 30.7 Å². The number of amides is 1. The highest BCUT2D eigenvalue weighted by Gasteiger charge is 2.26. The lowest BCUT2D eigenvalue weighted by Gasteiger charge is -2.16. The molecular formula is C23H28N2O5S. The number of benzene rings is 2. The van der Waals surface area contributed by atoms with Gasteiger partial charge in [-0.05, 0) is 49.1 Å². The maximum absolute atomic E-state index is 12.7. The van der Waals surface area contributed by atoms with E-state index in [0.29, 0.717) is 36.6 Å². The fourth-order valence-corrected chi connectivity index (χ4v) is 5.14. The minimum atomic E-state index is -3.44. The van der Waals surface area contributed by atoms with Crippen molar-refractivity contribution in [3.05, 3.63) is 65.7 Å². The molecule has 0 atom stereocenters. The molecule has 31 heavy (non-hydrogen) atoms. The Balaban J connectivity index is 1.70. The molecule has 7 nitrogen and oxygen atoms in total. The highest BCUT2D eigenvalue weighted by Crippen LogP contribution is 2.33. The van der Waals surface area contributed by atoms with E-state index in [9.17, 15) is 13.2 Å². The van der Waals surface area contributed by atoms with Gasteiger partial charge in [-0.1, -0.05) is 18.2 Å². The molecule has 1 heterocycles. The van der Waals surface area contributed by atoms with Crippen molar-refractivity contribution >= 4 is 15.9 Å². The van der Waals surface area contributed by atoms with Gasteiger partial charge < -0.3 is 14.8 Å². The summed E-state index contributed by atoms with van der Waals surface area (Å²) >= 11 is 0. The molecule has 166 valence electrons. The van der Waals surface area contributed by atoms with Crippen LogP contribution in [-0.4, -0.2) is 45.9 Å². The predicted molar refractivity (Wildman–Crippen MR) is 119 cm³/mol. The Kier molecular flexibility index (Phi) is 7.35. The lowest BCUT2D eigenvalue weighted by molar-refractivity contribution is 0.0950. The molecule has 2 aromatic rings. The topological polar surface area (TPSA) is 84.9 Å². The van der Waals surface area contributed by atoms with E-state index >= 15 is 0 Å². The molecule has 0 spiro atoms. The van der Waals surface area contributed by atoms with E-state index in [-0.39, 0.29) is 17.3 Å². The zero-order valence-corrected chi connectivity index (χ0v) is 18.7. The third-order valence-electron chi connectivity index (χ3n) is 5.26. The summed E-state index contributed by atoms with van der Waals surface area (Å²) in [6.07, 6.45) is 4.06. The number of rotatable bonds is 9. The van der Waals surface area contributed by atoms with Gasteiger partial charge in [0.2, 0.25) is 10.0 Å². The molecule has 0 unspecified atom stereocenters. The maximum Gasteiger partial charge on any atom is 0.251 e. The van der Waals surface area contributed by atoms with Crippen LogP contribution in [0.3, 0.4) is 0 Å². The van der Waals surface area contributed by atoms with Crippen LogP contribution in [0.25, 0.3) is 0 Å². The van der Waals surface area contributed by atoms with E-state index < -0.39 is 10.0 Å². The third kappa shape index (κ3) is 5.08. The van der Waals surface area contributed by atoms with Crippen LogP contribution >= 0.6 is 0 Å². The Morgan fingerprint density at radius 2 is 1.81 bits per heavy atom. The second-order valence-electron chi connectivity index (χ2n) is 7.30. The number of nitrogens with zero attached hydrogens (tertiary/aromatic N) is 1. The highest BCUT2D eigenvalue weighted by atomic mass is 32.2. The van der Waals surface area contributed by atoms with Gasteiger partial charge in [0.25, 0.3) is 5.91 Å². The molecular weight excluding hydrogens is 416 g/mol. The number of hydrogen-bond acceptors (Lipinski definition) is 5. The van der Waals surface area contributed by atoms with Crippen molar-refractivity contribution in [1.29, 1.82) is 0 Å². The summed E-state index contributed by atoms with van der Waals surface area (Å²) in [5.41, 5.74) is 2.06. The number of carbonyl (C=O) groups is 1. The average molecular weight is 445 g/mol. The number of nitrogens with one attached hydrogen (secondary N) is 1. The van der Waals surface area contributed by atoms with Gasteiger partial charge >= 0.3 is 0 Å². The summed E-state index contributed by atoms with van der Waals surface area (Å²) in [6, 6.07) is 10.0. The first kappa shape index (κ1) is 22.8. The summed E-state index contributed by atoms with van der Waals surface area (Å²) in [7, 11) is -0.366. The van der Waals surface area contributed by atoms with Crippen LogP contribution < -0.4 is 14.8 Å². The molecule has 3 rings (SSSR count). The monoisotopic (exact) mass is 444 g/mol. The molecule has 2 aromatic carbocycles. The number of carbonyl (C=O) groups excluding carboxylic acids is 1. The maximum atomic E-state index is 12.7. The summed E-state index contributed by atoms with van der Waals surface area (Å²) < 4.78 is 37.5. The molecule has 1 aliphatic rings. The number of hydrogen-bond donors (Lipinski definition) is 1. The van der Waals surface area contributed by atoms with Crippen LogP contribution in [0.2, 0.25) is 0 Å². The molecule has 1 saturated heterocycles. The first-order chi connectivity index (χ1) is 14.9. The first-order valence-corrected chi connectivity index (χ1v) is 11.6. The van der Waals surface area contributed by atoms with Crippen molar-refractivity contribution in [2.75, 3.05) is 27.3 Å². The van der Waals surface area contributed by atoms with Crippen LogP contribution in [0.4, 0.5) is 0 Å². The SMILES string of the molecule is C=CCc1cc(C(=O)NCc2ccc(S(=O)(=O)N3CCCC3)cc2)cc(OC)c1OC. The van der Waals surface area contributed by atoms with Crippen molar-refractivity contribution in [3.63, 3.8) is 0 Å². The van der Waals surface area contributed by atoms with E-state index in [4.69, 9.17) is 9.47 Å². The zero-order valence-electron chi connectivity index (χ0n) is 17.9. The van der Waals surface area contributed by atoms with Gasteiger partial charge in [-0.25, -0.2) is 8.42 Å². The second kappa shape index (κ2) is 9.98. The van der Waals surface area contributed by atoms with Crippen molar-refractivity contribution in [1.82, 2.24) is 9.62 Å². The van der Waals surface area contributed by atoms with Crippen molar-refractivity contribution < 1.29 is 22.7 Å². The average Bonchev–Trinajstić information content (AvgIpc) is 3.33.